The number of hydrogen-bond acceptors (Lipinski definition) is 3. The summed E-state index contributed by atoms with van der Waals surface area (Å²) in [5, 5.41) is 10.4. The van der Waals surface area contributed by atoms with Crippen molar-refractivity contribution < 1.29 is 14.6 Å². The molecule has 0 aromatic heterocycles. The van der Waals surface area contributed by atoms with E-state index in [1.165, 1.54) is 0 Å². The van der Waals surface area contributed by atoms with Gasteiger partial charge in [0.25, 0.3) is 0 Å². The number of rotatable bonds is 5. The number of hydrogen-bond donors (Lipinski definition) is 1. The van der Waals surface area contributed by atoms with Crippen LogP contribution in [0, 0.1) is 20.8 Å². The van der Waals surface area contributed by atoms with E-state index in [0.717, 1.165) is 46.5 Å². The normalized spacial score (nSPS) is 18.1. The van der Waals surface area contributed by atoms with Crippen LogP contribution in [0.2, 0.25) is 0 Å². The smallest absolute Gasteiger partial charge is 0.231 e. The van der Waals surface area contributed by atoms with E-state index < -0.39 is 5.60 Å². The topological polar surface area (TPSA) is 49.8 Å². The van der Waals surface area contributed by atoms with Crippen LogP contribution in [0.1, 0.15) is 42.0 Å². The molecule has 1 aliphatic rings. The quantitative estimate of drug-likeness (QED) is 0.743. The second-order valence-electron chi connectivity index (χ2n) is 7.89. The Labute approximate surface area is 167 Å². The zero-order chi connectivity index (χ0) is 20.5. The van der Waals surface area contributed by atoms with Gasteiger partial charge in [0, 0.05) is 17.8 Å². The van der Waals surface area contributed by atoms with Crippen molar-refractivity contribution >= 4 is 11.6 Å². The number of phenolic OH excluding ortho intramolecular Hbond substituents is 1. The van der Waals surface area contributed by atoms with Crippen molar-refractivity contribution in [3.63, 3.8) is 0 Å². The summed E-state index contributed by atoms with van der Waals surface area (Å²) in [6, 6.07) is 9.65. The first-order chi connectivity index (χ1) is 13.3. The van der Waals surface area contributed by atoms with E-state index in [9.17, 15) is 9.90 Å². The monoisotopic (exact) mass is 379 g/mol. The van der Waals surface area contributed by atoms with E-state index >= 15 is 0 Å². The third-order valence-corrected chi connectivity index (χ3v) is 5.80. The van der Waals surface area contributed by atoms with Crippen molar-refractivity contribution in [2.75, 3.05) is 11.4 Å². The Kier molecular flexibility index (Phi) is 5.50. The molecule has 4 heteroatoms. The summed E-state index contributed by atoms with van der Waals surface area (Å²) >= 11 is 0. The number of para-hydroxylation sites is 1. The SMILES string of the molecule is C=CCN(C(=O)CC1(C)CCc2c(C)c(O)c(C)c(C)c2O1)c1ccccc1. The number of aromatic hydroxyl groups is 1. The summed E-state index contributed by atoms with van der Waals surface area (Å²) in [4.78, 5) is 14.9. The van der Waals surface area contributed by atoms with Gasteiger partial charge in [-0.2, -0.15) is 0 Å². The lowest BCUT2D eigenvalue weighted by Gasteiger charge is -2.38. The van der Waals surface area contributed by atoms with Gasteiger partial charge in [0.2, 0.25) is 5.91 Å². The predicted octanol–water partition coefficient (Wildman–Crippen LogP) is 5.01. The standard InChI is InChI=1S/C24H29NO3/c1-6-14-25(19-10-8-7-9-11-19)21(26)15-24(5)13-12-20-18(4)22(27)16(2)17(3)23(20)28-24/h6-11,27H,1,12-15H2,2-5H3. The van der Waals surface area contributed by atoms with Crippen LogP contribution in [-0.2, 0) is 11.2 Å². The van der Waals surface area contributed by atoms with Crippen molar-refractivity contribution in [2.45, 2.75) is 52.6 Å². The molecule has 28 heavy (non-hydrogen) atoms. The van der Waals surface area contributed by atoms with Crippen molar-refractivity contribution in [1.82, 2.24) is 0 Å². The Morgan fingerprint density at radius 3 is 2.54 bits per heavy atom. The molecular weight excluding hydrogens is 350 g/mol. The van der Waals surface area contributed by atoms with Crippen molar-refractivity contribution in [3.8, 4) is 11.5 Å². The lowest BCUT2D eigenvalue weighted by atomic mass is 9.85. The van der Waals surface area contributed by atoms with Gasteiger partial charge in [-0.05, 0) is 69.4 Å². The van der Waals surface area contributed by atoms with E-state index in [4.69, 9.17) is 4.74 Å². The average Bonchev–Trinajstić information content (AvgIpc) is 2.69. The molecule has 0 fully saturated rings. The number of amides is 1. The Morgan fingerprint density at radius 2 is 1.89 bits per heavy atom. The highest BCUT2D eigenvalue weighted by molar-refractivity contribution is 5.94. The average molecular weight is 380 g/mol. The molecule has 1 N–H and O–H groups in total. The number of nitrogens with zero attached hydrogens (tertiary/aromatic N) is 1. The molecule has 0 saturated carbocycles. The highest BCUT2D eigenvalue weighted by atomic mass is 16.5. The summed E-state index contributed by atoms with van der Waals surface area (Å²) in [6.45, 7) is 12.1. The zero-order valence-electron chi connectivity index (χ0n) is 17.2. The van der Waals surface area contributed by atoms with Crippen molar-refractivity contribution in [3.05, 3.63) is 65.2 Å². The molecule has 1 unspecified atom stereocenters. The fraction of sp³-hybridized carbons (Fsp3) is 0.375. The number of carbonyl (C=O) groups excluding carboxylic acids is 1. The summed E-state index contributed by atoms with van der Waals surface area (Å²) < 4.78 is 6.42. The minimum atomic E-state index is -0.584. The maximum atomic E-state index is 13.2. The Hall–Kier alpha value is -2.75. The van der Waals surface area contributed by atoms with Gasteiger partial charge in [-0.25, -0.2) is 0 Å². The van der Waals surface area contributed by atoms with Crippen LogP contribution >= 0.6 is 0 Å². The fourth-order valence-electron chi connectivity index (χ4n) is 3.92. The van der Waals surface area contributed by atoms with Crippen molar-refractivity contribution in [1.29, 1.82) is 0 Å². The van der Waals surface area contributed by atoms with Crippen LogP contribution in [0.5, 0.6) is 11.5 Å². The number of anilines is 1. The van der Waals surface area contributed by atoms with Gasteiger partial charge < -0.3 is 14.7 Å². The molecule has 1 heterocycles. The molecule has 1 amide bonds. The Morgan fingerprint density at radius 1 is 1.21 bits per heavy atom. The predicted molar refractivity (Wildman–Crippen MR) is 113 cm³/mol. The van der Waals surface area contributed by atoms with Gasteiger partial charge in [0.15, 0.2) is 0 Å². The fourth-order valence-corrected chi connectivity index (χ4v) is 3.92. The molecule has 2 aromatic rings. The van der Waals surface area contributed by atoms with E-state index in [-0.39, 0.29) is 12.3 Å². The number of benzene rings is 2. The molecular formula is C24H29NO3. The second-order valence-corrected chi connectivity index (χ2v) is 7.89. The maximum Gasteiger partial charge on any atom is 0.231 e. The minimum Gasteiger partial charge on any atom is -0.507 e. The highest BCUT2D eigenvalue weighted by Crippen LogP contribution is 2.44. The highest BCUT2D eigenvalue weighted by Gasteiger charge is 2.37. The van der Waals surface area contributed by atoms with Crippen LogP contribution < -0.4 is 9.64 Å². The maximum absolute atomic E-state index is 13.2. The zero-order valence-corrected chi connectivity index (χ0v) is 17.2. The molecule has 0 radical (unpaired) electrons. The third kappa shape index (κ3) is 3.64. The molecule has 0 bridgehead atoms. The van der Waals surface area contributed by atoms with Gasteiger partial charge in [-0.3, -0.25) is 4.79 Å². The number of fused-ring (bicyclic) bond motifs is 1. The summed E-state index contributed by atoms with van der Waals surface area (Å²) in [5.41, 5.74) is 3.99. The van der Waals surface area contributed by atoms with Gasteiger partial charge in [0.05, 0.1) is 6.42 Å². The van der Waals surface area contributed by atoms with Crippen LogP contribution in [0.15, 0.2) is 43.0 Å². The molecule has 0 spiro atoms. The second kappa shape index (κ2) is 7.70. The van der Waals surface area contributed by atoms with Gasteiger partial charge in [0.1, 0.15) is 17.1 Å². The molecule has 4 nitrogen and oxygen atoms in total. The van der Waals surface area contributed by atoms with Gasteiger partial charge in [-0.15, -0.1) is 6.58 Å². The Balaban J connectivity index is 1.87. The molecule has 3 rings (SSSR count). The number of phenols is 1. The van der Waals surface area contributed by atoms with Crippen LogP contribution in [0.4, 0.5) is 5.69 Å². The first-order valence-electron chi connectivity index (χ1n) is 9.74. The van der Waals surface area contributed by atoms with Crippen LogP contribution in [0.3, 0.4) is 0 Å². The van der Waals surface area contributed by atoms with E-state index in [1.54, 1.807) is 11.0 Å². The largest absolute Gasteiger partial charge is 0.507 e. The van der Waals surface area contributed by atoms with Gasteiger partial charge >= 0.3 is 0 Å². The molecule has 1 atom stereocenters. The number of carbonyl (C=O) groups is 1. The summed E-state index contributed by atoms with van der Waals surface area (Å²) in [5.74, 6) is 1.19. The summed E-state index contributed by atoms with van der Waals surface area (Å²) in [7, 11) is 0. The van der Waals surface area contributed by atoms with Crippen molar-refractivity contribution in [2.24, 2.45) is 0 Å². The summed E-state index contributed by atoms with van der Waals surface area (Å²) in [6.07, 6.45) is 3.54. The molecule has 0 aliphatic carbocycles. The van der Waals surface area contributed by atoms with E-state index in [1.807, 2.05) is 58.0 Å². The van der Waals surface area contributed by atoms with E-state index in [0.29, 0.717) is 12.3 Å². The first-order valence-corrected chi connectivity index (χ1v) is 9.74. The van der Waals surface area contributed by atoms with E-state index in [2.05, 4.69) is 6.58 Å². The molecule has 148 valence electrons. The molecule has 2 aromatic carbocycles. The third-order valence-electron chi connectivity index (χ3n) is 5.80. The Bertz CT molecular complexity index is 904. The van der Waals surface area contributed by atoms with Crippen LogP contribution in [-0.4, -0.2) is 23.2 Å². The lowest BCUT2D eigenvalue weighted by Crippen LogP contribution is -2.43. The minimum absolute atomic E-state index is 0.0157. The molecule has 0 saturated heterocycles. The first kappa shape index (κ1) is 20.0. The number of ether oxygens (including phenoxy) is 1. The van der Waals surface area contributed by atoms with Crippen LogP contribution in [0.25, 0.3) is 0 Å². The molecule has 1 aliphatic heterocycles. The lowest BCUT2D eigenvalue weighted by molar-refractivity contribution is -0.122. The van der Waals surface area contributed by atoms with Gasteiger partial charge in [-0.1, -0.05) is 24.3 Å².